The molecule has 0 radical (unpaired) electrons. The number of para-hydroxylation sites is 1. The zero-order valence-corrected chi connectivity index (χ0v) is 26.0. The van der Waals surface area contributed by atoms with E-state index in [1.807, 2.05) is 60.7 Å². The number of anilines is 1. The highest BCUT2D eigenvalue weighted by atomic mass is 127. The Hall–Kier alpha value is -4.34. The molecule has 0 unspecified atom stereocenters. The quantitative estimate of drug-likeness (QED) is 0.217. The lowest BCUT2D eigenvalue weighted by Crippen LogP contribution is -2.40. The van der Waals surface area contributed by atoms with Crippen LogP contribution in [0.4, 0.5) is 5.69 Å². The Labute approximate surface area is 260 Å². The third kappa shape index (κ3) is 5.84. The molecule has 1 aromatic heterocycles. The van der Waals surface area contributed by atoms with Gasteiger partial charge in [0.15, 0.2) is 16.3 Å². The van der Waals surface area contributed by atoms with Crippen molar-refractivity contribution >= 4 is 51.6 Å². The van der Waals surface area contributed by atoms with Crippen molar-refractivity contribution < 1.29 is 19.0 Å². The van der Waals surface area contributed by atoms with E-state index < -0.39 is 6.04 Å². The van der Waals surface area contributed by atoms with Gasteiger partial charge >= 0.3 is 0 Å². The molecule has 0 aliphatic carbocycles. The van der Waals surface area contributed by atoms with Gasteiger partial charge in [0.05, 0.1) is 39.6 Å². The van der Waals surface area contributed by atoms with Crippen LogP contribution < -0.4 is 34.4 Å². The highest BCUT2D eigenvalue weighted by Gasteiger charge is 2.32. The Morgan fingerprint density at radius 2 is 1.93 bits per heavy atom. The van der Waals surface area contributed by atoms with E-state index in [9.17, 15) is 9.59 Å². The highest BCUT2D eigenvalue weighted by Crippen LogP contribution is 2.35. The molecule has 1 aliphatic heterocycles. The van der Waals surface area contributed by atoms with E-state index >= 15 is 0 Å². The van der Waals surface area contributed by atoms with Gasteiger partial charge in [0.1, 0.15) is 12.4 Å². The first-order chi connectivity index (χ1) is 20.3. The van der Waals surface area contributed by atoms with Gasteiger partial charge in [-0.25, -0.2) is 4.99 Å². The molecule has 1 N–H and O–H groups in total. The number of hydrogen-bond acceptors (Lipinski definition) is 7. The Kier molecular flexibility index (Phi) is 8.80. The van der Waals surface area contributed by atoms with Crippen molar-refractivity contribution in [3.8, 4) is 29.6 Å². The van der Waals surface area contributed by atoms with Crippen LogP contribution in [0.5, 0.6) is 17.2 Å². The highest BCUT2D eigenvalue weighted by molar-refractivity contribution is 14.1. The zero-order chi connectivity index (χ0) is 29.8. The van der Waals surface area contributed by atoms with Crippen molar-refractivity contribution in [3.63, 3.8) is 0 Å². The predicted octanol–water partition coefficient (Wildman–Crippen LogP) is 4.51. The van der Waals surface area contributed by atoms with Crippen molar-refractivity contribution in [2.75, 3.05) is 26.1 Å². The average molecular weight is 692 g/mol. The molecule has 5 rings (SSSR count). The van der Waals surface area contributed by atoms with Gasteiger partial charge in [0.2, 0.25) is 0 Å². The molecule has 1 aliphatic rings. The lowest BCUT2D eigenvalue weighted by molar-refractivity contribution is -0.113. The fourth-order valence-corrected chi connectivity index (χ4v) is 6.51. The van der Waals surface area contributed by atoms with Gasteiger partial charge in [0, 0.05) is 5.69 Å². The first kappa shape index (κ1) is 29.2. The molecule has 4 aromatic rings. The number of terminal acetylenes is 1. The minimum Gasteiger partial charge on any atom is -0.497 e. The number of hydrogen-bond donors (Lipinski definition) is 1. The lowest BCUT2D eigenvalue weighted by Gasteiger charge is -2.25. The van der Waals surface area contributed by atoms with Gasteiger partial charge in [-0.1, -0.05) is 47.6 Å². The molecule has 0 bridgehead atoms. The van der Waals surface area contributed by atoms with Gasteiger partial charge in [-0.05, 0) is 83.1 Å². The summed E-state index contributed by atoms with van der Waals surface area (Å²) in [4.78, 5) is 33.0. The summed E-state index contributed by atoms with van der Waals surface area (Å²) in [5.41, 5.74) is 2.73. The number of benzene rings is 3. The van der Waals surface area contributed by atoms with Crippen LogP contribution >= 0.6 is 33.9 Å². The first-order valence-corrected chi connectivity index (χ1v) is 14.7. The van der Waals surface area contributed by atoms with E-state index in [0.717, 1.165) is 14.7 Å². The van der Waals surface area contributed by atoms with Crippen molar-refractivity contribution in [1.82, 2.24) is 4.57 Å². The van der Waals surface area contributed by atoms with Crippen LogP contribution in [0.25, 0.3) is 6.08 Å². The molecule has 10 heteroatoms. The van der Waals surface area contributed by atoms with E-state index in [2.05, 4.69) is 33.8 Å². The molecular formula is C32H26IN3O5S. The van der Waals surface area contributed by atoms with Gasteiger partial charge in [-0.2, -0.15) is 0 Å². The SMILES string of the molecule is C#CCOc1c(I)cc(/C=c2\sc3n(c2=O)[C@@H](c2cccc(OC)c2)C(C(=O)Nc2ccccc2)=C(C)N=3)cc1OC. The first-order valence-electron chi connectivity index (χ1n) is 12.8. The molecule has 0 spiro atoms. The van der Waals surface area contributed by atoms with Crippen LogP contribution in [0.3, 0.4) is 0 Å². The molecule has 42 heavy (non-hydrogen) atoms. The van der Waals surface area contributed by atoms with Crippen LogP contribution in [0.15, 0.2) is 87.8 Å². The molecular weight excluding hydrogens is 665 g/mol. The molecule has 8 nitrogen and oxygen atoms in total. The van der Waals surface area contributed by atoms with Gasteiger partial charge < -0.3 is 19.5 Å². The molecule has 0 fully saturated rings. The topological polar surface area (TPSA) is 91.2 Å². The summed E-state index contributed by atoms with van der Waals surface area (Å²) in [6.45, 7) is 1.89. The monoisotopic (exact) mass is 691 g/mol. The third-order valence-corrected chi connectivity index (χ3v) is 8.34. The maximum absolute atomic E-state index is 14.1. The fourth-order valence-electron chi connectivity index (χ4n) is 4.69. The van der Waals surface area contributed by atoms with Crippen LogP contribution in [0.1, 0.15) is 24.1 Å². The number of aromatic nitrogens is 1. The van der Waals surface area contributed by atoms with Gasteiger partial charge in [-0.3, -0.25) is 14.2 Å². The molecule has 1 atom stereocenters. The summed E-state index contributed by atoms with van der Waals surface area (Å²) in [6.07, 6.45) is 7.14. The smallest absolute Gasteiger partial charge is 0.271 e. The van der Waals surface area contributed by atoms with Gasteiger partial charge in [-0.15, -0.1) is 6.42 Å². The van der Waals surface area contributed by atoms with Crippen LogP contribution in [0.2, 0.25) is 0 Å². The molecule has 2 heterocycles. The number of fused-ring (bicyclic) bond motifs is 1. The summed E-state index contributed by atoms with van der Waals surface area (Å²) in [6, 6.07) is 19.5. The largest absolute Gasteiger partial charge is 0.497 e. The van der Waals surface area contributed by atoms with E-state index in [0.29, 0.717) is 43.5 Å². The second-order valence-electron chi connectivity index (χ2n) is 9.21. The predicted molar refractivity (Wildman–Crippen MR) is 172 cm³/mol. The Balaban J connectivity index is 1.66. The summed E-state index contributed by atoms with van der Waals surface area (Å²) in [7, 11) is 3.12. The number of amides is 1. The number of halogens is 1. The number of methoxy groups -OCH3 is 2. The summed E-state index contributed by atoms with van der Waals surface area (Å²) in [5, 5.41) is 2.96. The van der Waals surface area contributed by atoms with Crippen LogP contribution in [-0.4, -0.2) is 31.3 Å². The number of nitrogens with zero attached hydrogens (tertiary/aromatic N) is 2. The van der Waals surface area contributed by atoms with Gasteiger partial charge in [0.25, 0.3) is 11.5 Å². The molecule has 0 saturated carbocycles. The Morgan fingerprint density at radius 3 is 2.64 bits per heavy atom. The van der Waals surface area contributed by atoms with E-state index in [1.54, 1.807) is 37.9 Å². The number of carbonyl (C=O) groups excluding carboxylic acids is 1. The van der Waals surface area contributed by atoms with E-state index in [4.69, 9.17) is 25.6 Å². The average Bonchev–Trinajstić information content (AvgIpc) is 3.29. The van der Waals surface area contributed by atoms with Crippen LogP contribution in [-0.2, 0) is 4.79 Å². The number of thiazole rings is 1. The molecule has 0 saturated heterocycles. The second-order valence-corrected chi connectivity index (χ2v) is 11.4. The summed E-state index contributed by atoms with van der Waals surface area (Å²) < 4.78 is 19.5. The maximum atomic E-state index is 14.1. The van der Waals surface area contributed by atoms with Crippen LogP contribution in [0, 0.1) is 15.9 Å². The number of allylic oxidation sites excluding steroid dienone is 1. The minimum absolute atomic E-state index is 0.105. The zero-order valence-electron chi connectivity index (χ0n) is 23.0. The van der Waals surface area contributed by atoms with Crippen molar-refractivity contribution in [3.05, 3.63) is 112 Å². The number of rotatable bonds is 8. The van der Waals surface area contributed by atoms with Crippen molar-refractivity contribution in [2.24, 2.45) is 4.99 Å². The maximum Gasteiger partial charge on any atom is 0.271 e. The van der Waals surface area contributed by atoms with E-state index in [-0.39, 0.29) is 18.1 Å². The third-order valence-electron chi connectivity index (χ3n) is 6.56. The van der Waals surface area contributed by atoms with Crippen molar-refractivity contribution in [2.45, 2.75) is 13.0 Å². The lowest BCUT2D eigenvalue weighted by atomic mass is 9.95. The summed E-state index contributed by atoms with van der Waals surface area (Å²) >= 11 is 3.40. The second kappa shape index (κ2) is 12.7. The molecule has 212 valence electrons. The minimum atomic E-state index is -0.726. The molecule has 1 amide bonds. The number of nitrogens with one attached hydrogen (secondary N) is 1. The number of ether oxygens (including phenoxy) is 3. The van der Waals surface area contributed by atoms with E-state index in [1.165, 1.54) is 11.3 Å². The normalized spacial score (nSPS) is 14.5. The standard InChI is InChI=1S/C32H26IN3O5S/c1-5-14-41-29-24(33)15-20(16-25(29)40-4)17-26-31(38)36-28(21-10-9-13-23(18-21)39-3)27(19(2)34-32(36)42-26)30(37)35-22-11-7-6-8-12-22/h1,6-13,15-18,28H,14H2,2-4H3,(H,35,37)/b26-17-/t28-/m0/s1. The Morgan fingerprint density at radius 1 is 1.14 bits per heavy atom. The molecule has 3 aromatic carbocycles. The summed E-state index contributed by atoms with van der Waals surface area (Å²) in [5.74, 6) is 3.77. The number of carbonyl (C=O) groups is 1. The Bertz CT molecular complexity index is 1920. The van der Waals surface area contributed by atoms with Crippen molar-refractivity contribution in [1.29, 1.82) is 0 Å². The fraction of sp³-hybridized carbons (Fsp3) is 0.156.